The molecule has 19 heavy (non-hydrogen) atoms. The number of halogens is 2. The van der Waals surface area contributed by atoms with Crippen LogP contribution in [0, 0.1) is 11.6 Å². The van der Waals surface area contributed by atoms with Gasteiger partial charge >= 0.3 is 0 Å². The Balaban J connectivity index is 2.36. The average molecular weight is 271 g/mol. The van der Waals surface area contributed by atoms with E-state index in [1.165, 1.54) is 4.90 Å². The Labute approximate surface area is 109 Å². The fourth-order valence-corrected chi connectivity index (χ4v) is 2.17. The third kappa shape index (κ3) is 2.74. The minimum atomic E-state index is -0.785. The van der Waals surface area contributed by atoms with Crippen molar-refractivity contribution in [3.05, 3.63) is 29.3 Å². The van der Waals surface area contributed by atoms with Gasteiger partial charge in [0.1, 0.15) is 23.6 Å². The number of anilines is 1. The summed E-state index contributed by atoms with van der Waals surface area (Å²) in [5.74, 6) is -1.57. The summed E-state index contributed by atoms with van der Waals surface area (Å²) in [6, 6.07) is 1.79. The van der Waals surface area contributed by atoms with Crippen LogP contribution in [0.1, 0.15) is 17.3 Å². The number of hydrogen-bond acceptors (Lipinski definition) is 4. The van der Waals surface area contributed by atoms with Crippen molar-refractivity contribution in [1.82, 2.24) is 0 Å². The number of aliphatic hydroxyl groups excluding tert-OH is 1. The molecule has 6 heteroatoms. The van der Waals surface area contributed by atoms with Crippen molar-refractivity contribution in [2.75, 3.05) is 24.7 Å². The molecule has 1 aromatic carbocycles. The fraction of sp³-hybridized carbons (Fsp3) is 0.462. The highest BCUT2D eigenvalue weighted by atomic mass is 19.1. The molecule has 2 rings (SSSR count). The maximum Gasteiger partial charge on any atom is 0.150 e. The molecule has 1 saturated heterocycles. The van der Waals surface area contributed by atoms with Crippen molar-refractivity contribution < 1.29 is 23.4 Å². The molecule has 4 nitrogen and oxygen atoms in total. The highest BCUT2D eigenvalue weighted by molar-refractivity contribution is 5.76. The second-order valence-electron chi connectivity index (χ2n) is 4.59. The van der Waals surface area contributed by atoms with Crippen LogP contribution in [0.5, 0.6) is 0 Å². The number of aliphatic hydroxyl groups is 1. The van der Waals surface area contributed by atoms with Crippen LogP contribution in [0.2, 0.25) is 0 Å². The first-order valence-electron chi connectivity index (χ1n) is 6.00. The zero-order valence-electron chi connectivity index (χ0n) is 10.5. The molecule has 0 aromatic heterocycles. The Morgan fingerprint density at radius 2 is 2.11 bits per heavy atom. The summed E-state index contributed by atoms with van der Waals surface area (Å²) in [5, 5.41) is 9.08. The van der Waals surface area contributed by atoms with E-state index in [0.717, 1.165) is 12.1 Å². The number of ether oxygens (including phenoxy) is 1. The second-order valence-corrected chi connectivity index (χ2v) is 4.59. The van der Waals surface area contributed by atoms with Gasteiger partial charge in [-0.3, -0.25) is 4.79 Å². The van der Waals surface area contributed by atoms with Gasteiger partial charge in [0.25, 0.3) is 0 Å². The zero-order valence-corrected chi connectivity index (χ0v) is 10.5. The van der Waals surface area contributed by atoms with Crippen LogP contribution in [0.15, 0.2) is 12.1 Å². The normalized spacial score (nSPS) is 23.5. The standard InChI is InChI=1S/C13H15F2NO3/c1-8-7-19-10(6-18)4-16(8)13-11(14)2-9(5-17)3-12(13)15/h2-3,5,8,10,18H,4,6-7H2,1H3. The predicted molar refractivity (Wildman–Crippen MR) is 65.4 cm³/mol. The molecule has 1 heterocycles. The second kappa shape index (κ2) is 5.63. The van der Waals surface area contributed by atoms with Gasteiger partial charge in [0.15, 0.2) is 0 Å². The molecular formula is C13H15F2NO3. The SMILES string of the molecule is CC1COC(CO)CN1c1c(F)cc(C=O)cc1F. The van der Waals surface area contributed by atoms with Gasteiger partial charge in [-0.05, 0) is 19.1 Å². The van der Waals surface area contributed by atoms with E-state index in [1.54, 1.807) is 6.92 Å². The first-order valence-corrected chi connectivity index (χ1v) is 6.00. The van der Waals surface area contributed by atoms with Crippen LogP contribution in [-0.4, -0.2) is 43.3 Å². The molecule has 1 aromatic rings. The Morgan fingerprint density at radius 1 is 1.47 bits per heavy atom. The molecule has 0 aliphatic carbocycles. The van der Waals surface area contributed by atoms with Crippen LogP contribution in [-0.2, 0) is 4.74 Å². The third-order valence-electron chi connectivity index (χ3n) is 3.17. The van der Waals surface area contributed by atoms with Gasteiger partial charge in [0, 0.05) is 18.2 Å². The summed E-state index contributed by atoms with van der Waals surface area (Å²) in [7, 11) is 0. The van der Waals surface area contributed by atoms with E-state index in [1.807, 2.05) is 0 Å². The lowest BCUT2D eigenvalue weighted by Gasteiger charge is -2.39. The van der Waals surface area contributed by atoms with Gasteiger partial charge in [-0.1, -0.05) is 0 Å². The van der Waals surface area contributed by atoms with E-state index in [4.69, 9.17) is 9.84 Å². The van der Waals surface area contributed by atoms with Crippen molar-refractivity contribution in [2.24, 2.45) is 0 Å². The minimum Gasteiger partial charge on any atom is -0.394 e. The molecular weight excluding hydrogens is 256 g/mol. The Bertz CT molecular complexity index is 458. The number of nitrogens with zero attached hydrogens (tertiary/aromatic N) is 1. The minimum absolute atomic E-state index is 0.0432. The van der Waals surface area contributed by atoms with Crippen LogP contribution < -0.4 is 4.90 Å². The Morgan fingerprint density at radius 3 is 2.63 bits per heavy atom. The summed E-state index contributed by atoms with van der Waals surface area (Å²) in [6.07, 6.45) is -0.0735. The van der Waals surface area contributed by atoms with E-state index < -0.39 is 17.7 Å². The first-order chi connectivity index (χ1) is 9.06. The number of aldehydes is 1. The van der Waals surface area contributed by atoms with Gasteiger partial charge < -0.3 is 14.7 Å². The lowest BCUT2D eigenvalue weighted by molar-refractivity contribution is -0.0107. The van der Waals surface area contributed by atoms with Crippen molar-refractivity contribution in [1.29, 1.82) is 0 Å². The number of rotatable bonds is 3. The molecule has 2 unspecified atom stereocenters. The van der Waals surface area contributed by atoms with E-state index >= 15 is 0 Å². The van der Waals surface area contributed by atoms with E-state index in [2.05, 4.69) is 0 Å². The molecule has 1 aliphatic heterocycles. The maximum atomic E-state index is 13.9. The summed E-state index contributed by atoms with van der Waals surface area (Å²) in [6.45, 7) is 2.05. The van der Waals surface area contributed by atoms with Crippen molar-refractivity contribution in [3.8, 4) is 0 Å². The van der Waals surface area contributed by atoms with Gasteiger partial charge in [0.2, 0.25) is 0 Å². The third-order valence-corrected chi connectivity index (χ3v) is 3.17. The number of morpholine rings is 1. The molecule has 0 saturated carbocycles. The molecule has 1 aliphatic rings. The molecule has 0 bridgehead atoms. The smallest absolute Gasteiger partial charge is 0.150 e. The maximum absolute atomic E-state index is 13.9. The molecule has 1 N–H and O–H groups in total. The first kappa shape index (κ1) is 13.9. The Hall–Kier alpha value is -1.53. The molecule has 1 fully saturated rings. The van der Waals surface area contributed by atoms with Crippen LogP contribution >= 0.6 is 0 Å². The van der Waals surface area contributed by atoms with Crippen molar-refractivity contribution in [2.45, 2.75) is 19.1 Å². The van der Waals surface area contributed by atoms with Crippen molar-refractivity contribution >= 4 is 12.0 Å². The van der Waals surface area contributed by atoms with Crippen LogP contribution in [0.4, 0.5) is 14.5 Å². The van der Waals surface area contributed by atoms with Crippen LogP contribution in [0.3, 0.4) is 0 Å². The summed E-state index contributed by atoms with van der Waals surface area (Å²) in [5.41, 5.74) is -0.224. The van der Waals surface area contributed by atoms with Gasteiger partial charge in [0.05, 0.1) is 19.3 Å². The van der Waals surface area contributed by atoms with Gasteiger partial charge in [-0.25, -0.2) is 8.78 Å². The van der Waals surface area contributed by atoms with Gasteiger partial charge in [-0.2, -0.15) is 0 Å². The quantitative estimate of drug-likeness (QED) is 0.843. The number of hydrogen-bond donors (Lipinski definition) is 1. The predicted octanol–water partition coefficient (Wildman–Crippen LogP) is 1.36. The van der Waals surface area contributed by atoms with Gasteiger partial charge in [-0.15, -0.1) is 0 Å². The molecule has 0 amide bonds. The van der Waals surface area contributed by atoms with Crippen LogP contribution in [0.25, 0.3) is 0 Å². The average Bonchev–Trinajstić information content (AvgIpc) is 2.39. The van der Waals surface area contributed by atoms with E-state index in [0.29, 0.717) is 6.29 Å². The molecule has 104 valence electrons. The lowest BCUT2D eigenvalue weighted by atomic mass is 10.1. The molecule has 0 spiro atoms. The fourth-order valence-electron chi connectivity index (χ4n) is 2.17. The number of benzene rings is 1. The molecule has 2 atom stereocenters. The largest absolute Gasteiger partial charge is 0.394 e. The monoisotopic (exact) mass is 271 g/mol. The van der Waals surface area contributed by atoms with E-state index in [-0.39, 0.29) is 37.1 Å². The topological polar surface area (TPSA) is 49.8 Å². The number of carbonyl (C=O) groups is 1. The zero-order chi connectivity index (χ0) is 14.0. The number of carbonyl (C=O) groups excluding carboxylic acids is 1. The Kier molecular flexibility index (Phi) is 4.11. The summed E-state index contributed by atoms with van der Waals surface area (Å²) < 4.78 is 33.2. The molecule has 0 radical (unpaired) electrons. The summed E-state index contributed by atoms with van der Waals surface area (Å²) in [4.78, 5) is 12.1. The lowest BCUT2D eigenvalue weighted by Crippen LogP contribution is -2.50. The van der Waals surface area contributed by atoms with Crippen molar-refractivity contribution in [3.63, 3.8) is 0 Å². The highest BCUT2D eigenvalue weighted by Gasteiger charge is 2.29. The highest BCUT2D eigenvalue weighted by Crippen LogP contribution is 2.28. The van der Waals surface area contributed by atoms with E-state index in [9.17, 15) is 13.6 Å². The summed E-state index contributed by atoms with van der Waals surface area (Å²) >= 11 is 0.